The molecule has 0 spiro atoms. The minimum absolute atomic E-state index is 0.0319. The van der Waals surface area contributed by atoms with Gasteiger partial charge in [-0.15, -0.1) is 0 Å². The van der Waals surface area contributed by atoms with E-state index in [1.54, 1.807) is 30.3 Å². The molecule has 136 valence electrons. The zero-order chi connectivity index (χ0) is 18.4. The first-order chi connectivity index (χ1) is 11.8. The quantitative estimate of drug-likeness (QED) is 0.566. The molecule has 25 heavy (non-hydrogen) atoms. The van der Waals surface area contributed by atoms with Crippen molar-refractivity contribution in [2.45, 2.75) is 25.9 Å². The molecule has 2 atom stereocenters. The summed E-state index contributed by atoms with van der Waals surface area (Å²) < 4.78 is 27.7. The molecule has 2 rings (SSSR count). The molecule has 1 saturated heterocycles. The first-order valence-electron chi connectivity index (χ1n) is 7.82. The average Bonchev–Trinajstić information content (AvgIpc) is 2.91. The van der Waals surface area contributed by atoms with Crippen LogP contribution in [0.4, 0.5) is 0 Å². The number of carbonyl (C=O) groups is 3. The summed E-state index contributed by atoms with van der Waals surface area (Å²) in [5.74, 6) is -2.05. The molecule has 0 saturated carbocycles. The van der Waals surface area contributed by atoms with E-state index in [9.17, 15) is 22.8 Å². The second kappa shape index (κ2) is 8.11. The largest absolute Gasteiger partial charge is 0.452 e. The molecule has 1 aliphatic heterocycles. The second-order valence-electron chi connectivity index (χ2n) is 5.91. The maximum Gasteiger partial charge on any atom is 0.306 e. The topological polar surface area (TPSA) is 119 Å². The van der Waals surface area contributed by atoms with Crippen LogP contribution in [0.15, 0.2) is 30.3 Å². The van der Waals surface area contributed by atoms with E-state index < -0.39 is 33.7 Å². The summed E-state index contributed by atoms with van der Waals surface area (Å²) in [4.78, 5) is 35.5. The summed E-state index contributed by atoms with van der Waals surface area (Å²) in [5, 5.41) is 0. The molecular weight excluding hydrogens is 348 g/mol. The van der Waals surface area contributed by atoms with Gasteiger partial charge in [-0.1, -0.05) is 18.2 Å². The molecule has 1 heterocycles. The minimum atomic E-state index is -3.06. The van der Waals surface area contributed by atoms with Gasteiger partial charge in [-0.3, -0.25) is 25.2 Å². The van der Waals surface area contributed by atoms with Gasteiger partial charge in [0, 0.05) is 12.0 Å². The maximum absolute atomic E-state index is 11.9. The Kier molecular flexibility index (Phi) is 6.13. The van der Waals surface area contributed by atoms with Crippen molar-refractivity contribution in [2.24, 2.45) is 5.92 Å². The van der Waals surface area contributed by atoms with Gasteiger partial charge in [0.05, 0.1) is 11.5 Å². The second-order valence-corrected chi connectivity index (χ2v) is 8.14. The Balaban J connectivity index is 1.74. The summed E-state index contributed by atoms with van der Waals surface area (Å²) in [5.41, 5.74) is 4.78. The van der Waals surface area contributed by atoms with Crippen LogP contribution in [0.25, 0.3) is 0 Å². The molecule has 8 nitrogen and oxygen atoms in total. The number of carbonyl (C=O) groups excluding carboxylic acids is 3. The number of esters is 1. The van der Waals surface area contributed by atoms with Crippen LogP contribution in [-0.4, -0.2) is 43.8 Å². The van der Waals surface area contributed by atoms with Crippen molar-refractivity contribution in [3.63, 3.8) is 0 Å². The van der Waals surface area contributed by atoms with Crippen molar-refractivity contribution < 1.29 is 27.5 Å². The average molecular weight is 368 g/mol. The van der Waals surface area contributed by atoms with Crippen molar-refractivity contribution in [1.29, 1.82) is 0 Å². The fraction of sp³-hybridized carbons (Fsp3) is 0.438. The molecule has 1 aliphatic rings. The van der Waals surface area contributed by atoms with E-state index in [0.29, 0.717) is 12.0 Å². The van der Waals surface area contributed by atoms with Gasteiger partial charge in [0.15, 0.2) is 15.9 Å². The fourth-order valence-corrected chi connectivity index (χ4v) is 4.31. The maximum atomic E-state index is 11.9. The summed E-state index contributed by atoms with van der Waals surface area (Å²) in [7, 11) is -3.06. The van der Waals surface area contributed by atoms with E-state index in [1.807, 2.05) is 0 Å². The van der Waals surface area contributed by atoms with Crippen molar-refractivity contribution in [2.75, 3.05) is 11.5 Å². The van der Waals surface area contributed by atoms with Gasteiger partial charge in [0.1, 0.15) is 0 Å². The normalized spacial score (nSPS) is 19.6. The highest BCUT2D eigenvalue weighted by molar-refractivity contribution is 7.91. The number of benzene rings is 1. The SMILES string of the molecule is C[C@@H](OC(=O)C[C@@H]1CCS(=O)(=O)C1)C(=O)NNC(=O)c1ccccc1. The third-order valence-corrected chi connectivity index (χ3v) is 5.63. The molecule has 0 aromatic heterocycles. The van der Waals surface area contributed by atoms with Crippen LogP contribution in [0.2, 0.25) is 0 Å². The molecule has 0 radical (unpaired) electrons. The first-order valence-corrected chi connectivity index (χ1v) is 9.64. The third-order valence-electron chi connectivity index (χ3n) is 3.79. The molecule has 1 aromatic carbocycles. The molecule has 2 amide bonds. The summed E-state index contributed by atoms with van der Waals surface area (Å²) in [6, 6.07) is 8.29. The number of nitrogens with one attached hydrogen (secondary N) is 2. The molecule has 0 aliphatic carbocycles. The van der Waals surface area contributed by atoms with Crippen LogP contribution in [0.1, 0.15) is 30.1 Å². The van der Waals surface area contributed by atoms with E-state index >= 15 is 0 Å². The standard InChI is InChI=1S/C16H20N2O6S/c1-11(24-14(19)9-12-7-8-25(22,23)10-12)15(20)17-18-16(21)13-5-3-2-4-6-13/h2-6,11-12H,7-10H2,1H3,(H,17,20)(H,18,21)/t11-,12+/m1/s1. The molecular formula is C16H20N2O6S. The van der Waals surface area contributed by atoms with Crippen LogP contribution >= 0.6 is 0 Å². The predicted molar refractivity (Wildman–Crippen MR) is 89.0 cm³/mol. The third kappa shape index (κ3) is 5.86. The van der Waals surface area contributed by atoms with Gasteiger partial charge in [-0.25, -0.2) is 8.42 Å². The molecule has 0 unspecified atom stereocenters. The number of hydrogen-bond acceptors (Lipinski definition) is 6. The van der Waals surface area contributed by atoms with Gasteiger partial charge < -0.3 is 4.74 Å². The lowest BCUT2D eigenvalue weighted by atomic mass is 10.1. The smallest absolute Gasteiger partial charge is 0.306 e. The van der Waals surface area contributed by atoms with Crippen molar-refractivity contribution in [3.05, 3.63) is 35.9 Å². The van der Waals surface area contributed by atoms with Crippen LogP contribution in [-0.2, 0) is 24.2 Å². The van der Waals surface area contributed by atoms with Crippen LogP contribution < -0.4 is 10.9 Å². The first kappa shape index (κ1) is 18.9. The highest BCUT2D eigenvalue weighted by Crippen LogP contribution is 2.22. The van der Waals surface area contributed by atoms with Crippen LogP contribution in [0, 0.1) is 5.92 Å². The Morgan fingerprint density at radius 2 is 1.88 bits per heavy atom. The lowest BCUT2D eigenvalue weighted by molar-refractivity contribution is -0.155. The van der Waals surface area contributed by atoms with Crippen molar-refractivity contribution in [1.82, 2.24) is 10.9 Å². The monoisotopic (exact) mass is 368 g/mol. The fourth-order valence-electron chi connectivity index (χ4n) is 2.45. The molecule has 1 aromatic rings. The Hall–Kier alpha value is -2.42. The molecule has 1 fully saturated rings. The number of sulfone groups is 1. The number of ether oxygens (including phenoxy) is 1. The van der Waals surface area contributed by atoms with Gasteiger partial charge in [-0.05, 0) is 31.4 Å². The number of hydrazine groups is 1. The summed E-state index contributed by atoms with van der Waals surface area (Å²) >= 11 is 0. The molecule has 2 N–H and O–H groups in total. The van der Waals surface area contributed by atoms with E-state index in [4.69, 9.17) is 4.74 Å². The highest BCUT2D eigenvalue weighted by Gasteiger charge is 2.30. The lowest BCUT2D eigenvalue weighted by Crippen LogP contribution is -2.46. The Morgan fingerprint density at radius 1 is 1.20 bits per heavy atom. The van der Waals surface area contributed by atoms with Gasteiger partial charge in [0.2, 0.25) is 0 Å². The minimum Gasteiger partial charge on any atom is -0.452 e. The van der Waals surface area contributed by atoms with E-state index in [0.717, 1.165) is 0 Å². The zero-order valence-electron chi connectivity index (χ0n) is 13.7. The molecule has 9 heteroatoms. The zero-order valence-corrected chi connectivity index (χ0v) is 14.5. The summed E-state index contributed by atoms with van der Waals surface area (Å²) in [6.07, 6.45) is -0.736. The van der Waals surface area contributed by atoms with E-state index in [-0.39, 0.29) is 23.8 Å². The van der Waals surface area contributed by atoms with Crippen molar-refractivity contribution >= 4 is 27.6 Å². The summed E-state index contributed by atoms with van der Waals surface area (Å²) in [6.45, 7) is 1.37. The van der Waals surface area contributed by atoms with E-state index in [2.05, 4.69) is 10.9 Å². The lowest BCUT2D eigenvalue weighted by Gasteiger charge is -2.15. The Bertz CT molecular complexity index is 747. The van der Waals surface area contributed by atoms with Crippen LogP contribution in [0.3, 0.4) is 0 Å². The number of amides is 2. The van der Waals surface area contributed by atoms with Crippen molar-refractivity contribution in [3.8, 4) is 0 Å². The number of rotatable bonds is 5. The van der Waals surface area contributed by atoms with Crippen LogP contribution in [0.5, 0.6) is 0 Å². The van der Waals surface area contributed by atoms with Gasteiger partial charge in [-0.2, -0.15) is 0 Å². The van der Waals surface area contributed by atoms with E-state index in [1.165, 1.54) is 6.92 Å². The van der Waals surface area contributed by atoms with Gasteiger partial charge in [0.25, 0.3) is 11.8 Å². The number of hydrogen-bond donors (Lipinski definition) is 2. The predicted octanol–water partition coefficient (Wildman–Crippen LogP) is 0.204. The Morgan fingerprint density at radius 3 is 2.48 bits per heavy atom. The Labute approximate surface area is 145 Å². The highest BCUT2D eigenvalue weighted by atomic mass is 32.2. The molecule has 0 bridgehead atoms. The van der Waals surface area contributed by atoms with Gasteiger partial charge >= 0.3 is 5.97 Å².